The molecule has 10 heteroatoms. The molecular weight excluding hydrogens is 568 g/mol. The number of aliphatic hydroxyl groups is 4. The van der Waals surface area contributed by atoms with E-state index < -0.39 is 60.0 Å². The number of allylic oxidation sites excluding steroid dienone is 11. The average molecular weight is 613 g/mol. The Morgan fingerprint density at radius 3 is 2.16 bits per heavy atom. The summed E-state index contributed by atoms with van der Waals surface area (Å²) in [7, 11) is 0. The molecular formula is C34H44O10. The number of rotatable bonds is 14. The van der Waals surface area contributed by atoms with E-state index in [1.54, 1.807) is 48.6 Å². The minimum atomic E-state index is -1.73. The van der Waals surface area contributed by atoms with Gasteiger partial charge in [0, 0.05) is 6.07 Å². The van der Waals surface area contributed by atoms with Crippen LogP contribution in [0.25, 0.3) is 6.08 Å². The molecule has 6 N–H and O–H groups in total. The van der Waals surface area contributed by atoms with Crippen LogP contribution in [0.15, 0.2) is 93.3 Å². The lowest BCUT2D eigenvalue weighted by atomic mass is 9.91. The summed E-state index contributed by atoms with van der Waals surface area (Å²) in [5, 5.41) is 59.4. The van der Waals surface area contributed by atoms with Crippen LogP contribution < -0.4 is 5.63 Å². The Bertz CT molecular complexity index is 1360. The molecule has 0 bridgehead atoms. The lowest BCUT2D eigenvalue weighted by molar-refractivity contribution is -0.232. The third kappa shape index (κ3) is 11.0. The number of aromatic hydroxyl groups is 1. The molecule has 1 fully saturated rings. The fourth-order valence-electron chi connectivity index (χ4n) is 4.59. The molecule has 1 aromatic rings. The molecule has 1 aliphatic rings. The Kier molecular flexibility index (Phi) is 15.0. The second-order valence-electron chi connectivity index (χ2n) is 10.9. The maximum absolute atomic E-state index is 12.5. The van der Waals surface area contributed by atoms with Gasteiger partial charge in [-0.05, 0) is 37.3 Å². The maximum Gasteiger partial charge on any atom is 0.345 e. The molecule has 2 rings (SSSR count). The van der Waals surface area contributed by atoms with Crippen LogP contribution in [0.1, 0.15) is 58.0 Å². The molecule has 0 amide bonds. The predicted molar refractivity (Wildman–Crippen MR) is 168 cm³/mol. The molecule has 2 unspecified atom stereocenters. The van der Waals surface area contributed by atoms with Crippen molar-refractivity contribution in [3.8, 4) is 5.75 Å². The smallest absolute Gasteiger partial charge is 0.345 e. The molecule has 1 aliphatic heterocycles. The monoisotopic (exact) mass is 612 g/mol. The van der Waals surface area contributed by atoms with Crippen LogP contribution in [-0.4, -0.2) is 67.6 Å². The van der Waals surface area contributed by atoms with Crippen molar-refractivity contribution in [1.82, 2.24) is 0 Å². The molecule has 2 heterocycles. The highest BCUT2D eigenvalue weighted by molar-refractivity contribution is 5.90. The molecule has 0 saturated carbocycles. The minimum absolute atomic E-state index is 0.0220. The highest BCUT2D eigenvalue weighted by Gasteiger charge is 2.46. The molecule has 0 radical (unpaired) electrons. The summed E-state index contributed by atoms with van der Waals surface area (Å²) in [4.78, 5) is 24.2. The predicted octanol–water partition coefficient (Wildman–Crippen LogP) is 4.13. The van der Waals surface area contributed by atoms with Gasteiger partial charge in [-0.15, -0.1) is 0 Å². The average Bonchev–Trinajstić information content (AvgIpc) is 2.97. The van der Waals surface area contributed by atoms with E-state index in [0.717, 1.165) is 24.5 Å². The normalized spacial score (nSPS) is 25.2. The highest BCUT2D eigenvalue weighted by atomic mass is 16.5. The van der Waals surface area contributed by atoms with Gasteiger partial charge >= 0.3 is 11.6 Å². The SMILES string of the molecule is CCC(C)CC(C)/C=C(/C=C(/C)C=CC=CC=CC=CC=Cc1cc(O)c([C@@H]2O[C@H](CO)[C@H](O)[C@H](O)[C@H]2O)c(=O)o1)C(=O)O. The van der Waals surface area contributed by atoms with Crippen LogP contribution >= 0.6 is 0 Å². The zero-order chi connectivity index (χ0) is 32.8. The Labute approximate surface area is 257 Å². The van der Waals surface area contributed by atoms with Crippen molar-refractivity contribution in [1.29, 1.82) is 0 Å². The topological polar surface area (TPSA) is 178 Å². The number of carboxylic acid groups (broad SMARTS) is 1. The van der Waals surface area contributed by atoms with Crippen molar-refractivity contribution in [3.05, 3.63) is 106 Å². The highest BCUT2D eigenvalue weighted by Crippen LogP contribution is 2.35. The fraction of sp³-hybridized carbons (Fsp3) is 0.412. The van der Waals surface area contributed by atoms with Gasteiger partial charge in [-0.1, -0.05) is 93.5 Å². The Hall–Kier alpha value is -3.80. The van der Waals surface area contributed by atoms with Crippen molar-refractivity contribution in [2.24, 2.45) is 11.8 Å². The van der Waals surface area contributed by atoms with Crippen molar-refractivity contribution >= 4 is 12.0 Å². The van der Waals surface area contributed by atoms with E-state index in [9.17, 15) is 40.2 Å². The molecule has 0 spiro atoms. The summed E-state index contributed by atoms with van der Waals surface area (Å²) in [6.07, 6.45) is 14.9. The van der Waals surface area contributed by atoms with Gasteiger partial charge in [0.15, 0.2) is 0 Å². The minimum Gasteiger partial charge on any atom is -0.507 e. The van der Waals surface area contributed by atoms with Crippen LogP contribution in [0.5, 0.6) is 5.75 Å². The first-order valence-electron chi connectivity index (χ1n) is 14.5. The van der Waals surface area contributed by atoms with Crippen molar-refractivity contribution < 1.29 is 44.6 Å². The molecule has 1 saturated heterocycles. The van der Waals surface area contributed by atoms with Gasteiger partial charge in [0.2, 0.25) is 0 Å². The zero-order valence-corrected chi connectivity index (χ0v) is 25.5. The van der Waals surface area contributed by atoms with Crippen molar-refractivity contribution in [2.75, 3.05) is 6.61 Å². The van der Waals surface area contributed by atoms with E-state index in [1.165, 1.54) is 6.08 Å². The van der Waals surface area contributed by atoms with E-state index in [1.807, 2.05) is 32.1 Å². The van der Waals surface area contributed by atoms with E-state index in [0.29, 0.717) is 5.92 Å². The molecule has 7 atom stereocenters. The summed E-state index contributed by atoms with van der Waals surface area (Å²) in [6, 6.07) is 1.15. The first-order valence-corrected chi connectivity index (χ1v) is 14.5. The number of carbonyl (C=O) groups is 1. The number of aliphatic hydroxyl groups excluding tert-OH is 4. The molecule has 240 valence electrons. The van der Waals surface area contributed by atoms with Crippen LogP contribution in [-0.2, 0) is 9.53 Å². The number of aliphatic carboxylic acids is 1. The van der Waals surface area contributed by atoms with E-state index in [4.69, 9.17) is 9.15 Å². The zero-order valence-electron chi connectivity index (χ0n) is 25.5. The summed E-state index contributed by atoms with van der Waals surface area (Å²) in [6.45, 7) is 7.49. The Morgan fingerprint density at radius 2 is 1.59 bits per heavy atom. The van der Waals surface area contributed by atoms with Crippen LogP contribution in [0.4, 0.5) is 0 Å². The molecule has 44 heavy (non-hydrogen) atoms. The third-order valence-corrected chi connectivity index (χ3v) is 7.12. The van der Waals surface area contributed by atoms with E-state index in [2.05, 4.69) is 13.8 Å². The van der Waals surface area contributed by atoms with Gasteiger partial charge in [0.25, 0.3) is 0 Å². The fourth-order valence-corrected chi connectivity index (χ4v) is 4.59. The summed E-state index contributed by atoms with van der Waals surface area (Å²) < 4.78 is 10.5. The van der Waals surface area contributed by atoms with E-state index in [-0.39, 0.29) is 17.3 Å². The molecule has 1 aromatic heterocycles. The van der Waals surface area contributed by atoms with Crippen LogP contribution in [0, 0.1) is 11.8 Å². The van der Waals surface area contributed by atoms with Crippen LogP contribution in [0.2, 0.25) is 0 Å². The molecule has 0 aromatic carbocycles. The Balaban J connectivity index is 1.95. The summed E-state index contributed by atoms with van der Waals surface area (Å²) in [5.41, 5.74) is -0.349. The number of hydrogen-bond donors (Lipinski definition) is 6. The van der Waals surface area contributed by atoms with Gasteiger partial charge in [-0.2, -0.15) is 0 Å². The van der Waals surface area contributed by atoms with Gasteiger partial charge in [-0.25, -0.2) is 9.59 Å². The molecule has 0 aliphatic carbocycles. The van der Waals surface area contributed by atoms with Crippen LogP contribution in [0.3, 0.4) is 0 Å². The lowest BCUT2D eigenvalue weighted by Gasteiger charge is -2.39. The van der Waals surface area contributed by atoms with Gasteiger partial charge in [0.1, 0.15) is 47.6 Å². The third-order valence-electron chi connectivity index (χ3n) is 7.12. The number of ether oxygens (including phenoxy) is 1. The summed E-state index contributed by atoms with van der Waals surface area (Å²) >= 11 is 0. The second kappa shape index (κ2) is 18.1. The van der Waals surface area contributed by atoms with E-state index >= 15 is 0 Å². The first-order chi connectivity index (χ1) is 20.9. The Morgan fingerprint density at radius 1 is 0.977 bits per heavy atom. The number of carboxylic acids is 1. The van der Waals surface area contributed by atoms with Gasteiger partial charge in [-0.3, -0.25) is 0 Å². The summed E-state index contributed by atoms with van der Waals surface area (Å²) in [5.74, 6) is -0.751. The van der Waals surface area contributed by atoms with Crippen molar-refractivity contribution in [3.63, 3.8) is 0 Å². The quantitative estimate of drug-likeness (QED) is 0.132. The van der Waals surface area contributed by atoms with Crippen molar-refractivity contribution in [2.45, 2.75) is 71.1 Å². The first kappa shape index (κ1) is 36.4. The largest absolute Gasteiger partial charge is 0.507 e. The number of hydrogen-bond acceptors (Lipinski definition) is 9. The van der Waals surface area contributed by atoms with Gasteiger partial charge in [0.05, 0.1) is 12.2 Å². The lowest BCUT2D eigenvalue weighted by Crippen LogP contribution is -2.55. The molecule has 10 nitrogen and oxygen atoms in total. The second-order valence-corrected chi connectivity index (χ2v) is 10.9. The van der Waals surface area contributed by atoms with Gasteiger partial charge < -0.3 is 39.8 Å². The standard InChI is InChI=1S/C34H44O10/c1-5-21(2)16-23(4)18-24(33(40)41)17-22(3)14-12-10-8-6-7-9-11-13-15-25-19-26(36)28(34(42)43-25)32-31(39)30(38)29(37)27(20-35)44-32/h6-15,17-19,21,23,27,29-32,35-39H,5,16,20H2,1-4H3,(H,40,41)/b7-6?,10-8?,11-9?,14-12?,15-13?,22-17-,24-18-/t21?,23?,27-,29+,30+,31-,32+/m1/s1. The maximum atomic E-state index is 12.5.